The molecule has 64 valence electrons. The van der Waals surface area contributed by atoms with Crippen LogP contribution in [0.15, 0.2) is 12.3 Å². The monoisotopic (exact) mass is 160 g/mol. The van der Waals surface area contributed by atoms with Gasteiger partial charge in [-0.05, 0) is 0 Å². The van der Waals surface area contributed by atoms with Crippen molar-refractivity contribution >= 4 is 0 Å². The van der Waals surface area contributed by atoms with Crippen molar-refractivity contribution in [3.8, 4) is 0 Å². The second-order valence-electron chi connectivity index (χ2n) is 2.49. The maximum Gasteiger partial charge on any atom is 0.199 e. The Hall–Kier alpha value is -0.580. The standard InChI is InChI=1S/C7H12O4/c1-4-7(9)5(10-2)3-6(8)11-4/h5-9H,1,3H2,2H3/t5-,6+,7-/m0/s1. The molecule has 1 saturated heterocycles. The van der Waals surface area contributed by atoms with Gasteiger partial charge in [0.15, 0.2) is 6.29 Å². The van der Waals surface area contributed by atoms with Crippen LogP contribution in [0.4, 0.5) is 0 Å². The van der Waals surface area contributed by atoms with Gasteiger partial charge in [-0.2, -0.15) is 0 Å². The normalized spacial score (nSPS) is 38.5. The van der Waals surface area contributed by atoms with Gasteiger partial charge in [0, 0.05) is 13.5 Å². The van der Waals surface area contributed by atoms with E-state index in [1.165, 1.54) is 7.11 Å². The second-order valence-corrected chi connectivity index (χ2v) is 2.49. The van der Waals surface area contributed by atoms with E-state index in [2.05, 4.69) is 6.58 Å². The third-order valence-electron chi connectivity index (χ3n) is 1.71. The Morgan fingerprint density at radius 2 is 2.27 bits per heavy atom. The maximum absolute atomic E-state index is 9.29. The van der Waals surface area contributed by atoms with E-state index in [4.69, 9.17) is 14.6 Å². The van der Waals surface area contributed by atoms with Crippen molar-refractivity contribution in [2.24, 2.45) is 0 Å². The Kier molecular flexibility index (Phi) is 2.49. The van der Waals surface area contributed by atoms with Crippen LogP contribution in [0.5, 0.6) is 0 Å². The number of rotatable bonds is 1. The van der Waals surface area contributed by atoms with Gasteiger partial charge in [0.25, 0.3) is 0 Å². The minimum atomic E-state index is -0.907. The molecule has 0 spiro atoms. The second kappa shape index (κ2) is 3.21. The van der Waals surface area contributed by atoms with Crippen molar-refractivity contribution in [1.82, 2.24) is 0 Å². The summed E-state index contributed by atoms with van der Waals surface area (Å²) in [4.78, 5) is 0. The Morgan fingerprint density at radius 1 is 1.64 bits per heavy atom. The lowest BCUT2D eigenvalue weighted by atomic mass is 10.1. The first-order valence-electron chi connectivity index (χ1n) is 3.39. The fourth-order valence-electron chi connectivity index (χ4n) is 1.05. The van der Waals surface area contributed by atoms with Crippen molar-refractivity contribution in [1.29, 1.82) is 0 Å². The Balaban J connectivity index is 2.58. The van der Waals surface area contributed by atoms with E-state index >= 15 is 0 Å². The summed E-state index contributed by atoms with van der Waals surface area (Å²) in [7, 11) is 1.47. The molecule has 0 unspecified atom stereocenters. The van der Waals surface area contributed by atoms with Gasteiger partial charge in [0.1, 0.15) is 11.9 Å². The van der Waals surface area contributed by atoms with Gasteiger partial charge >= 0.3 is 0 Å². The highest BCUT2D eigenvalue weighted by Gasteiger charge is 2.32. The zero-order valence-electron chi connectivity index (χ0n) is 6.36. The number of aliphatic hydroxyl groups is 2. The van der Waals surface area contributed by atoms with Crippen molar-refractivity contribution < 1.29 is 19.7 Å². The number of hydrogen-bond donors (Lipinski definition) is 2. The summed E-state index contributed by atoms with van der Waals surface area (Å²) in [5.41, 5.74) is 0. The maximum atomic E-state index is 9.29. The largest absolute Gasteiger partial charge is 0.467 e. The smallest absolute Gasteiger partial charge is 0.199 e. The van der Waals surface area contributed by atoms with Gasteiger partial charge in [-0.1, -0.05) is 6.58 Å². The molecule has 4 heteroatoms. The molecule has 1 heterocycles. The number of methoxy groups -OCH3 is 1. The van der Waals surface area contributed by atoms with Crippen molar-refractivity contribution in [3.63, 3.8) is 0 Å². The van der Waals surface area contributed by atoms with Crippen LogP contribution >= 0.6 is 0 Å². The predicted octanol–water partition coefficient (Wildman–Crippen LogP) is -0.385. The zero-order valence-corrected chi connectivity index (χ0v) is 6.36. The zero-order chi connectivity index (χ0) is 8.43. The van der Waals surface area contributed by atoms with Crippen LogP contribution in [0.25, 0.3) is 0 Å². The molecule has 11 heavy (non-hydrogen) atoms. The molecule has 1 aliphatic rings. The molecule has 0 radical (unpaired) electrons. The van der Waals surface area contributed by atoms with Crippen LogP contribution in [0.1, 0.15) is 6.42 Å². The van der Waals surface area contributed by atoms with Crippen LogP contribution in [-0.2, 0) is 9.47 Å². The van der Waals surface area contributed by atoms with Crippen LogP contribution in [-0.4, -0.2) is 35.8 Å². The third kappa shape index (κ3) is 1.71. The lowest BCUT2D eigenvalue weighted by Gasteiger charge is -2.31. The first-order chi connectivity index (χ1) is 5.15. The fraction of sp³-hybridized carbons (Fsp3) is 0.714. The van der Waals surface area contributed by atoms with Gasteiger partial charge in [-0.3, -0.25) is 0 Å². The molecule has 4 nitrogen and oxygen atoms in total. The van der Waals surface area contributed by atoms with Crippen LogP contribution in [0.2, 0.25) is 0 Å². The molecule has 1 aliphatic heterocycles. The highest BCUT2D eigenvalue weighted by Crippen LogP contribution is 2.22. The molecule has 0 saturated carbocycles. The van der Waals surface area contributed by atoms with E-state index < -0.39 is 18.5 Å². The van der Waals surface area contributed by atoms with Crippen LogP contribution in [0.3, 0.4) is 0 Å². The van der Waals surface area contributed by atoms with Gasteiger partial charge in [-0.15, -0.1) is 0 Å². The minimum Gasteiger partial charge on any atom is -0.467 e. The first-order valence-corrected chi connectivity index (χ1v) is 3.39. The highest BCUT2D eigenvalue weighted by atomic mass is 16.6. The lowest BCUT2D eigenvalue weighted by molar-refractivity contribution is -0.164. The Bertz CT molecular complexity index is 157. The molecular weight excluding hydrogens is 148 g/mol. The third-order valence-corrected chi connectivity index (χ3v) is 1.71. The van der Waals surface area contributed by atoms with Crippen LogP contribution < -0.4 is 0 Å². The molecule has 0 aliphatic carbocycles. The number of ether oxygens (including phenoxy) is 2. The van der Waals surface area contributed by atoms with E-state index in [0.29, 0.717) is 0 Å². The topological polar surface area (TPSA) is 58.9 Å². The molecule has 0 amide bonds. The van der Waals surface area contributed by atoms with Gasteiger partial charge in [-0.25, -0.2) is 0 Å². The van der Waals surface area contributed by atoms with E-state index in [1.54, 1.807) is 0 Å². The van der Waals surface area contributed by atoms with E-state index in [1.807, 2.05) is 0 Å². The minimum absolute atomic E-state index is 0.163. The average Bonchev–Trinajstić information content (AvgIpc) is 1.96. The average molecular weight is 160 g/mol. The first kappa shape index (κ1) is 8.52. The van der Waals surface area contributed by atoms with Crippen molar-refractivity contribution in [2.45, 2.75) is 24.9 Å². The van der Waals surface area contributed by atoms with E-state index in [0.717, 1.165) is 0 Å². The summed E-state index contributed by atoms with van der Waals surface area (Å²) in [5, 5.41) is 18.3. The molecule has 0 aromatic heterocycles. The fourth-order valence-corrected chi connectivity index (χ4v) is 1.05. The summed E-state index contributed by atoms with van der Waals surface area (Å²) < 4.78 is 9.65. The Morgan fingerprint density at radius 3 is 2.82 bits per heavy atom. The summed E-state index contributed by atoms with van der Waals surface area (Å²) in [6.07, 6.45) is -1.87. The molecule has 0 aromatic rings. The summed E-state index contributed by atoms with van der Waals surface area (Å²) in [6, 6.07) is 0. The van der Waals surface area contributed by atoms with Crippen LogP contribution in [0, 0.1) is 0 Å². The quantitative estimate of drug-likeness (QED) is 0.548. The molecule has 3 atom stereocenters. The van der Waals surface area contributed by atoms with Gasteiger partial charge < -0.3 is 19.7 Å². The number of hydrogen-bond acceptors (Lipinski definition) is 4. The molecule has 0 bridgehead atoms. The lowest BCUT2D eigenvalue weighted by Crippen LogP contribution is -2.40. The summed E-state index contributed by atoms with van der Waals surface area (Å²) >= 11 is 0. The molecule has 0 aromatic carbocycles. The van der Waals surface area contributed by atoms with Gasteiger partial charge in [0.05, 0.1) is 6.10 Å². The SMILES string of the molecule is C=C1O[C@@H](O)C[C@H](OC)[C@H]1O. The number of aliphatic hydroxyl groups excluding tert-OH is 2. The van der Waals surface area contributed by atoms with Gasteiger partial charge in [0.2, 0.25) is 0 Å². The molecule has 1 rings (SSSR count). The molecule has 1 fully saturated rings. The molecule has 2 N–H and O–H groups in total. The van der Waals surface area contributed by atoms with E-state index in [-0.39, 0.29) is 12.2 Å². The Labute approximate surface area is 65.0 Å². The summed E-state index contributed by atoms with van der Waals surface area (Å²) in [6.45, 7) is 3.43. The van der Waals surface area contributed by atoms with Crippen molar-refractivity contribution in [3.05, 3.63) is 12.3 Å². The molecular formula is C7H12O4. The highest BCUT2D eigenvalue weighted by molar-refractivity contribution is 5.00. The van der Waals surface area contributed by atoms with E-state index in [9.17, 15) is 5.11 Å². The summed E-state index contributed by atoms with van der Waals surface area (Å²) in [5.74, 6) is 0.163. The van der Waals surface area contributed by atoms with Crippen molar-refractivity contribution in [2.75, 3.05) is 7.11 Å². The predicted molar refractivity (Wildman–Crippen MR) is 37.7 cm³/mol.